The van der Waals surface area contributed by atoms with Gasteiger partial charge in [-0.25, -0.2) is 4.98 Å². The molecule has 1 atom stereocenters. The number of anilines is 1. The van der Waals surface area contributed by atoms with E-state index in [2.05, 4.69) is 39.0 Å². The number of imidazole rings is 1. The molecule has 1 fully saturated rings. The van der Waals surface area contributed by atoms with Crippen LogP contribution in [0, 0.1) is 0 Å². The molecular weight excluding hydrogens is 300 g/mol. The number of likely N-dealkylation sites (tertiary alicyclic amines) is 1. The van der Waals surface area contributed by atoms with Crippen LogP contribution >= 0.6 is 0 Å². The summed E-state index contributed by atoms with van der Waals surface area (Å²) in [6.07, 6.45) is 9.12. The van der Waals surface area contributed by atoms with Gasteiger partial charge in [0.2, 0.25) is 5.91 Å². The van der Waals surface area contributed by atoms with E-state index < -0.39 is 0 Å². The van der Waals surface area contributed by atoms with Crippen LogP contribution in [-0.4, -0.2) is 41.0 Å². The molecule has 128 valence electrons. The number of nitrogens with zero attached hydrogens (tertiary/aromatic N) is 4. The maximum Gasteiger partial charge on any atom is 0.223 e. The molecule has 0 aliphatic carbocycles. The fourth-order valence-corrected chi connectivity index (χ4v) is 3.40. The highest BCUT2D eigenvalue weighted by molar-refractivity contribution is 5.77. The number of amides is 1. The summed E-state index contributed by atoms with van der Waals surface area (Å²) in [6.45, 7) is 1.72. The van der Waals surface area contributed by atoms with Crippen LogP contribution in [-0.2, 0) is 11.3 Å². The molecule has 1 aromatic carbocycles. The van der Waals surface area contributed by atoms with E-state index in [4.69, 9.17) is 0 Å². The summed E-state index contributed by atoms with van der Waals surface area (Å²) < 4.78 is 2.02. The first-order valence-corrected chi connectivity index (χ1v) is 8.67. The lowest BCUT2D eigenvalue weighted by atomic mass is 10.0. The zero-order valence-corrected chi connectivity index (χ0v) is 14.6. The highest BCUT2D eigenvalue weighted by atomic mass is 16.2. The van der Waals surface area contributed by atoms with Gasteiger partial charge in [-0.05, 0) is 37.0 Å². The molecule has 5 nitrogen and oxygen atoms in total. The van der Waals surface area contributed by atoms with Crippen LogP contribution in [0.3, 0.4) is 0 Å². The van der Waals surface area contributed by atoms with Crippen molar-refractivity contribution in [2.45, 2.75) is 38.3 Å². The Morgan fingerprint density at radius 1 is 1.38 bits per heavy atom. The van der Waals surface area contributed by atoms with Crippen molar-refractivity contribution in [3.63, 3.8) is 0 Å². The zero-order valence-electron chi connectivity index (χ0n) is 14.6. The molecule has 1 aliphatic rings. The topological polar surface area (TPSA) is 41.4 Å². The number of aromatic nitrogens is 2. The number of hydrogen-bond acceptors (Lipinski definition) is 3. The fourth-order valence-electron chi connectivity index (χ4n) is 3.40. The lowest BCUT2D eigenvalue weighted by molar-refractivity contribution is -0.132. The van der Waals surface area contributed by atoms with Crippen molar-refractivity contribution in [2.24, 2.45) is 0 Å². The quantitative estimate of drug-likeness (QED) is 0.819. The van der Waals surface area contributed by atoms with E-state index in [9.17, 15) is 4.79 Å². The van der Waals surface area contributed by atoms with Crippen LogP contribution in [0.1, 0.15) is 37.3 Å². The van der Waals surface area contributed by atoms with Crippen LogP contribution < -0.4 is 4.90 Å². The van der Waals surface area contributed by atoms with Gasteiger partial charge in [0.05, 0.1) is 12.4 Å². The number of carbonyl (C=O) groups excluding carboxylic acids is 1. The van der Waals surface area contributed by atoms with E-state index in [0.29, 0.717) is 6.42 Å². The second kappa shape index (κ2) is 7.51. The van der Waals surface area contributed by atoms with Crippen molar-refractivity contribution in [3.8, 4) is 0 Å². The Morgan fingerprint density at radius 3 is 3.00 bits per heavy atom. The number of hydrogen-bond donors (Lipinski definition) is 0. The van der Waals surface area contributed by atoms with Gasteiger partial charge >= 0.3 is 0 Å². The Bertz CT molecular complexity index is 666. The smallest absolute Gasteiger partial charge is 0.223 e. The lowest BCUT2D eigenvalue weighted by Crippen LogP contribution is -2.30. The summed E-state index contributed by atoms with van der Waals surface area (Å²) in [5.74, 6) is 0.271. The third kappa shape index (κ3) is 3.78. The van der Waals surface area contributed by atoms with E-state index >= 15 is 0 Å². The van der Waals surface area contributed by atoms with Gasteiger partial charge in [-0.1, -0.05) is 12.1 Å². The molecule has 0 bridgehead atoms. The maximum atomic E-state index is 12.7. The predicted octanol–water partition coefficient (Wildman–Crippen LogP) is 3.09. The molecule has 5 heteroatoms. The minimum Gasteiger partial charge on any atom is -0.378 e. The molecule has 2 aromatic rings. The number of carbonyl (C=O) groups is 1. The van der Waals surface area contributed by atoms with Gasteiger partial charge in [0, 0.05) is 51.7 Å². The number of aryl methyl sites for hydroxylation is 1. The average Bonchev–Trinajstić information content (AvgIpc) is 3.26. The van der Waals surface area contributed by atoms with E-state index in [0.717, 1.165) is 32.4 Å². The largest absolute Gasteiger partial charge is 0.378 e. The Kier molecular flexibility index (Phi) is 5.18. The van der Waals surface area contributed by atoms with E-state index in [1.165, 1.54) is 11.3 Å². The zero-order chi connectivity index (χ0) is 16.9. The summed E-state index contributed by atoms with van der Waals surface area (Å²) in [7, 11) is 4.10. The van der Waals surface area contributed by atoms with Crippen LogP contribution in [0.25, 0.3) is 0 Å². The van der Waals surface area contributed by atoms with Crippen LogP contribution in [0.2, 0.25) is 0 Å². The van der Waals surface area contributed by atoms with Gasteiger partial charge in [0.1, 0.15) is 0 Å². The van der Waals surface area contributed by atoms with Crippen molar-refractivity contribution in [3.05, 3.63) is 48.5 Å². The normalized spacial score (nSPS) is 17.2. The predicted molar refractivity (Wildman–Crippen MR) is 95.9 cm³/mol. The lowest BCUT2D eigenvalue weighted by Gasteiger charge is -2.26. The van der Waals surface area contributed by atoms with Crippen molar-refractivity contribution >= 4 is 11.6 Å². The second-order valence-corrected chi connectivity index (χ2v) is 6.64. The van der Waals surface area contributed by atoms with Crippen molar-refractivity contribution in [1.29, 1.82) is 0 Å². The Balaban J connectivity index is 1.62. The van der Waals surface area contributed by atoms with Crippen LogP contribution in [0.15, 0.2) is 43.0 Å². The molecule has 3 rings (SSSR count). The maximum absolute atomic E-state index is 12.7. The van der Waals surface area contributed by atoms with Gasteiger partial charge in [0.25, 0.3) is 0 Å². The summed E-state index contributed by atoms with van der Waals surface area (Å²) in [6, 6.07) is 8.78. The van der Waals surface area contributed by atoms with Gasteiger partial charge in [0.15, 0.2) is 0 Å². The third-order valence-electron chi connectivity index (χ3n) is 4.71. The standard InChI is InChI=1S/C19H26N4O/c1-21(2)17-7-3-6-16(14-17)18-8-4-12-23(18)19(24)9-5-11-22-13-10-20-15-22/h3,6-7,10,13-15,18H,4-5,8-9,11-12H2,1-2H3/t18-/m0/s1. The van der Waals surface area contributed by atoms with Gasteiger partial charge in [-0.15, -0.1) is 0 Å². The van der Waals surface area contributed by atoms with E-state index in [1.54, 1.807) is 12.5 Å². The molecule has 0 unspecified atom stereocenters. The molecule has 24 heavy (non-hydrogen) atoms. The molecule has 1 aromatic heterocycles. The minimum absolute atomic E-state index is 0.227. The highest BCUT2D eigenvalue weighted by Gasteiger charge is 2.29. The number of rotatable bonds is 6. The van der Waals surface area contributed by atoms with Crippen molar-refractivity contribution in [2.75, 3.05) is 25.5 Å². The molecule has 0 radical (unpaired) electrons. The molecule has 2 heterocycles. The van der Waals surface area contributed by atoms with Crippen molar-refractivity contribution < 1.29 is 4.79 Å². The first kappa shape index (κ1) is 16.6. The molecule has 1 aliphatic heterocycles. The molecule has 0 saturated carbocycles. The van der Waals surface area contributed by atoms with Gasteiger partial charge < -0.3 is 14.4 Å². The molecule has 1 amide bonds. The van der Waals surface area contributed by atoms with Gasteiger partial charge in [-0.3, -0.25) is 4.79 Å². The van der Waals surface area contributed by atoms with E-state index in [1.807, 2.05) is 24.9 Å². The van der Waals surface area contributed by atoms with Crippen LogP contribution in [0.4, 0.5) is 5.69 Å². The molecular formula is C19H26N4O. The summed E-state index contributed by atoms with van der Waals surface area (Å²) >= 11 is 0. The molecule has 1 saturated heterocycles. The minimum atomic E-state index is 0.227. The molecule has 0 spiro atoms. The van der Waals surface area contributed by atoms with Gasteiger partial charge in [-0.2, -0.15) is 0 Å². The number of benzene rings is 1. The molecule has 0 N–H and O–H groups in total. The van der Waals surface area contributed by atoms with Crippen molar-refractivity contribution in [1.82, 2.24) is 14.5 Å². The highest BCUT2D eigenvalue weighted by Crippen LogP contribution is 2.34. The summed E-state index contributed by atoms with van der Waals surface area (Å²) in [5, 5.41) is 0. The average molecular weight is 326 g/mol. The Labute approximate surface area is 143 Å². The third-order valence-corrected chi connectivity index (χ3v) is 4.71. The fraction of sp³-hybridized carbons (Fsp3) is 0.474. The monoisotopic (exact) mass is 326 g/mol. The Morgan fingerprint density at radius 2 is 2.25 bits per heavy atom. The summed E-state index contributed by atoms with van der Waals surface area (Å²) in [5.41, 5.74) is 2.44. The summed E-state index contributed by atoms with van der Waals surface area (Å²) in [4.78, 5) is 20.9. The second-order valence-electron chi connectivity index (χ2n) is 6.64. The SMILES string of the molecule is CN(C)c1cccc([C@@H]2CCCN2C(=O)CCCn2ccnc2)c1. The Hall–Kier alpha value is -2.30. The van der Waals surface area contributed by atoms with E-state index in [-0.39, 0.29) is 11.9 Å². The first-order chi connectivity index (χ1) is 11.6. The van der Waals surface area contributed by atoms with Crippen LogP contribution in [0.5, 0.6) is 0 Å². The first-order valence-electron chi connectivity index (χ1n) is 8.67.